The zero-order valence-electron chi connectivity index (χ0n) is 18.0. The predicted octanol–water partition coefficient (Wildman–Crippen LogP) is 3.39. The monoisotopic (exact) mass is 423 g/mol. The molecule has 1 saturated carbocycles. The third-order valence-corrected chi connectivity index (χ3v) is 7.36. The highest BCUT2D eigenvalue weighted by Crippen LogP contribution is 2.41. The average molecular weight is 424 g/mol. The fraction of sp³-hybridized carbons (Fsp3) is 0.682. The van der Waals surface area contributed by atoms with Crippen LogP contribution in [-0.4, -0.2) is 53.0 Å². The molecule has 0 unspecified atom stereocenters. The Morgan fingerprint density at radius 1 is 1.14 bits per heavy atom. The van der Waals surface area contributed by atoms with Gasteiger partial charge in [-0.05, 0) is 57.1 Å². The van der Waals surface area contributed by atoms with E-state index in [2.05, 4.69) is 10.6 Å². The summed E-state index contributed by atoms with van der Waals surface area (Å²) in [5.41, 5.74) is 0.244. The second-order valence-electron chi connectivity index (χ2n) is 7.76. The Hall–Kier alpha value is -1.60. The van der Waals surface area contributed by atoms with Gasteiger partial charge in [0.25, 0.3) is 0 Å². The molecule has 0 heterocycles. The SMILES string of the molecule is CCNC(=NCC1(CCOCC)CCCC1)NCCCS(=O)(=O)c1ccccc1. The van der Waals surface area contributed by atoms with Crippen LogP contribution in [0.15, 0.2) is 40.2 Å². The van der Waals surface area contributed by atoms with Crippen molar-refractivity contribution in [2.45, 2.75) is 57.3 Å². The molecule has 1 aromatic carbocycles. The summed E-state index contributed by atoms with van der Waals surface area (Å²) in [6, 6.07) is 8.64. The minimum atomic E-state index is -3.23. The van der Waals surface area contributed by atoms with E-state index in [1.54, 1.807) is 24.3 Å². The van der Waals surface area contributed by atoms with Gasteiger partial charge in [-0.25, -0.2) is 8.42 Å². The number of rotatable bonds is 12. The van der Waals surface area contributed by atoms with Crippen LogP contribution in [0.5, 0.6) is 0 Å². The van der Waals surface area contributed by atoms with Crippen LogP contribution >= 0.6 is 0 Å². The summed E-state index contributed by atoms with van der Waals surface area (Å²) in [7, 11) is -3.23. The van der Waals surface area contributed by atoms with Gasteiger partial charge in [0.05, 0.1) is 10.6 Å². The molecule has 0 radical (unpaired) electrons. The predicted molar refractivity (Wildman–Crippen MR) is 119 cm³/mol. The number of benzene rings is 1. The van der Waals surface area contributed by atoms with Crippen LogP contribution in [-0.2, 0) is 14.6 Å². The van der Waals surface area contributed by atoms with Crippen LogP contribution in [0.4, 0.5) is 0 Å². The number of nitrogens with one attached hydrogen (secondary N) is 2. The molecule has 1 fully saturated rings. The van der Waals surface area contributed by atoms with Gasteiger partial charge in [0.15, 0.2) is 15.8 Å². The van der Waals surface area contributed by atoms with Crippen molar-refractivity contribution in [3.8, 4) is 0 Å². The number of sulfone groups is 1. The van der Waals surface area contributed by atoms with Gasteiger partial charge in [0.2, 0.25) is 0 Å². The Morgan fingerprint density at radius 2 is 1.86 bits per heavy atom. The van der Waals surface area contributed by atoms with Crippen LogP contribution in [0, 0.1) is 5.41 Å². The van der Waals surface area contributed by atoms with E-state index < -0.39 is 9.84 Å². The molecule has 1 aliphatic carbocycles. The van der Waals surface area contributed by atoms with Gasteiger partial charge in [0.1, 0.15) is 0 Å². The number of hydrogen-bond donors (Lipinski definition) is 2. The standard InChI is InChI=1S/C22H37N3O3S/c1-3-23-21(25-19-22(13-8-9-14-22)15-17-28-4-2)24-16-10-18-29(26,27)20-11-6-5-7-12-20/h5-7,11-12H,3-4,8-10,13-19H2,1-2H3,(H2,23,24,25). The van der Waals surface area contributed by atoms with E-state index in [-0.39, 0.29) is 11.2 Å². The second kappa shape index (κ2) is 12.2. The molecule has 7 heteroatoms. The minimum absolute atomic E-state index is 0.127. The molecule has 0 aliphatic heterocycles. The van der Waals surface area contributed by atoms with Gasteiger partial charge in [-0.3, -0.25) is 4.99 Å². The summed E-state index contributed by atoms with van der Waals surface area (Å²) < 4.78 is 30.4. The molecule has 2 rings (SSSR count). The minimum Gasteiger partial charge on any atom is -0.382 e. The first-order chi connectivity index (χ1) is 14.0. The average Bonchev–Trinajstić information content (AvgIpc) is 3.19. The molecule has 1 aromatic rings. The van der Waals surface area contributed by atoms with Gasteiger partial charge < -0.3 is 15.4 Å². The summed E-state index contributed by atoms with van der Waals surface area (Å²) in [5.74, 6) is 0.897. The van der Waals surface area contributed by atoms with Crippen molar-refractivity contribution in [3.05, 3.63) is 30.3 Å². The number of aliphatic imine (C=N–C) groups is 1. The maximum absolute atomic E-state index is 12.4. The first-order valence-electron chi connectivity index (χ1n) is 10.9. The molecule has 6 nitrogen and oxygen atoms in total. The Kier molecular flexibility index (Phi) is 9.94. The van der Waals surface area contributed by atoms with Crippen molar-refractivity contribution in [2.75, 3.05) is 38.6 Å². The lowest BCUT2D eigenvalue weighted by molar-refractivity contribution is 0.107. The Morgan fingerprint density at radius 3 is 2.52 bits per heavy atom. The summed E-state index contributed by atoms with van der Waals surface area (Å²) in [6.45, 7) is 7.77. The van der Waals surface area contributed by atoms with E-state index in [4.69, 9.17) is 9.73 Å². The molecule has 2 N–H and O–H groups in total. The molecule has 0 aromatic heterocycles. The smallest absolute Gasteiger partial charge is 0.191 e. The quantitative estimate of drug-likeness (QED) is 0.306. The first-order valence-corrected chi connectivity index (χ1v) is 12.5. The summed E-state index contributed by atoms with van der Waals surface area (Å²) in [4.78, 5) is 5.22. The van der Waals surface area contributed by atoms with E-state index in [0.717, 1.165) is 38.7 Å². The lowest BCUT2D eigenvalue weighted by Crippen LogP contribution is -2.39. The van der Waals surface area contributed by atoms with Crippen LogP contribution in [0.25, 0.3) is 0 Å². The molecule has 0 spiro atoms. The highest BCUT2D eigenvalue weighted by Gasteiger charge is 2.33. The molecular weight excluding hydrogens is 386 g/mol. The molecule has 0 bridgehead atoms. The summed E-state index contributed by atoms with van der Waals surface area (Å²) in [5, 5.41) is 6.57. The normalized spacial score (nSPS) is 16.7. The van der Waals surface area contributed by atoms with Gasteiger partial charge >= 0.3 is 0 Å². The fourth-order valence-electron chi connectivity index (χ4n) is 3.85. The van der Waals surface area contributed by atoms with Gasteiger partial charge in [-0.2, -0.15) is 0 Å². The molecule has 0 amide bonds. The van der Waals surface area contributed by atoms with Crippen molar-refractivity contribution in [3.63, 3.8) is 0 Å². The van der Waals surface area contributed by atoms with Gasteiger partial charge in [-0.15, -0.1) is 0 Å². The highest BCUT2D eigenvalue weighted by molar-refractivity contribution is 7.91. The van der Waals surface area contributed by atoms with Crippen molar-refractivity contribution in [1.29, 1.82) is 0 Å². The Bertz CT molecular complexity index is 714. The summed E-state index contributed by atoms with van der Waals surface area (Å²) >= 11 is 0. The first kappa shape index (κ1) is 23.7. The fourth-order valence-corrected chi connectivity index (χ4v) is 5.18. The van der Waals surface area contributed by atoms with Crippen molar-refractivity contribution in [2.24, 2.45) is 10.4 Å². The van der Waals surface area contributed by atoms with Crippen LogP contribution in [0.3, 0.4) is 0 Å². The van der Waals surface area contributed by atoms with E-state index in [1.807, 2.05) is 19.9 Å². The van der Waals surface area contributed by atoms with Crippen LogP contribution < -0.4 is 10.6 Å². The molecule has 164 valence electrons. The molecule has 0 saturated heterocycles. The lowest BCUT2D eigenvalue weighted by atomic mass is 9.83. The Labute approximate surface area is 176 Å². The van der Waals surface area contributed by atoms with E-state index in [9.17, 15) is 8.42 Å². The molecule has 29 heavy (non-hydrogen) atoms. The Balaban J connectivity index is 1.85. The maximum Gasteiger partial charge on any atom is 0.191 e. The number of nitrogens with zero attached hydrogens (tertiary/aromatic N) is 1. The van der Waals surface area contributed by atoms with Crippen molar-refractivity contribution in [1.82, 2.24) is 10.6 Å². The van der Waals surface area contributed by atoms with Crippen LogP contribution in [0.1, 0.15) is 52.4 Å². The van der Waals surface area contributed by atoms with Gasteiger partial charge in [-0.1, -0.05) is 31.0 Å². The van der Waals surface area contributed by atoms with Crippen molar-refractivity contribution < 1.29 is 13.2 Å². The zero-order valence-corrected chi connectivity index (χ0v) is 18.8. The third kappa shape index (κ3) is 7.97. The van der Waals surface area contributed by atoms with Crippen molar-refractivity contribution >= 4 is 15.8 Å². The van der Waals surface area contributed by atoms with E-state index >= 15 is 0 Å². The van der Waals surface area contributed by atoms with E-state index in [1.165, 1.54) is 25.7 Å². The molecule has 1 aliphatic rings. The topological polar surface area (TPSA) is 79.8 Å². The molecular formula is C22H37N3O3S. The largest absolute Gasteiger partial charge is 0.382 e. The number of guanidine groups is 1. The second-order valence-corrected chi connectivity index (χ2v) is 9.87. The third-order valence-electron chi connectivity index (χ3n) is 5.55. The van der Waals surface area contributed by atoms with Gasteiger partial charge in [0, 0.05) is 32.8 Å². The summed E-state index contributed by atoms with van der Waals surface area (Å²) in [6.07, 6.45) is 6.54. The highest BCUT2D eigenvalue weighted by atomic mass is 32.2. The van der Waals surface area contributed by atoms with Crippen LogP contribution in [0.2, 0.25) is 0 Å². The number of ether oxygens (including phenoxy) is 1. The number of hydrogen-bond acceptors (Lipinski definition) is 4. The molecule has 0 atom stereocenters. The maximum atomic E-state index is 12.4. The zero-order chi connectivity index (χ0) is 21.0. The van der Waals surface area contributed by atoms with E-state index in [0.29, 0.717) is 17.9 Å². The lowest BCUT2D eigenvalue weighted by Gasteiger charge is -2.27.